The molecule has 322 valence electrons. The molecule has 2 unspecified atom stereocenters. The van der Waals surface area contributed by atoms with E-state index >= 15 is 0 Å². The molecule has 0 spiro atoms. The van der Waals surface area contributed by atoms with Gasteiger partial charge in [0, 0.05) is 71.2 Å². The number of phenolic OH excluding ortho intramolecular Hbond substituents is 1. The van der Waals surface area contributed by atoms with Crippen molar-refractivity contribution in [2.24, 2.45) is 20.7 Å². The summed E-state index contributed by atoms with van der Waals surface area (Å²) in [6.07, 6.45) is 1.04. The second-order valence-corrected chi connectivity index (χ2v) is 14.9. The van der Waals surface area contributed by atoms with Crippen molar-refractivity contribution in [2.45, 2.75) is 43.9 Å². The lowest BCUT2D eigenvalue weighted by Crippen LogP contribution is -2.52. The van der Waals surface area contributed by atoms with Crippen LogP contribution in [0.3, 0.4) is 0 Å². The number of anilines is 2. The van der Waals surface area contributed by atoms with Gasteiger partial charge in [0.1, 0.15) is 28.9 Å². The minimum absolute atomic E-state index is 0.0130. The van der Waals surface area contributed by atoms with Gasteiger partial charge in [0.15, 0.2) is 28.7 Å². The zero-order valence-electron chi connectivity index (χ0n) is 33.1. The molecule has 0 bridgehead atoms. The zero-order valence-corrected chi connectivity index (χ0v) is 33.9. The number of aliphatic carboxylic acids is 1. The quantitative estimate of drug-likeness (QED) is 0.0390. The second kappa shape index (κ2) is 18.7. The standard InChI is InChI=1S/C43H39N9O10S/c44-42-51-37-36(39(57)52-42)48-24(20-47-37)19-46-22-5-3-21(4-6-22)38(56)50-32(41(60)61)14-10-25(53)2-1-15-45-43(63)49-23-7-11-28(31(16-23)40(58)59)35-29-12-8-26(54)17-33(29)62-34-18-27(55)9-13-30(34)35/h3-9,11-13,16-18,20,32,36-37,46,54H,1-2,10,14-15,19H2,(H,50,56)(H,58,59)(H,60,61)(H2,45,49,63)(H3,44,51,52,57)/t32-,36?,37?/m0/s1. The lowest BCUT2D eigenvalue weighted by Gasteiger charge is -2.25. The number of aliphatic imine (C=N–C) groups is 3. The lowest BCUT2D eigenvalue weighted by molar-refractivity contribution is -0.139. The highest BCUT2D eigenvalue weighted by Crippen LogP contribution is 2.42. The van der Waals surface area contributed by atoms with E-state index in [-0.39, 0.29) is 82.9 Å². The molecule has 4 aliphatic rings. The highest BCUT2D eigenvalue weighted by atomic mass is 32.1. The third-order valence-corrected chi connectivity index (χ3v) is 10.3. The van der Waals surface area contributed by atoms with Crippen molar-refractivity contribution < 1.29 is 43.7 Å². The summed E-state index contributed by atoms with van der Waals surface area (Å²) in [6.45, 7) is 0.505. The van der Waals surface area contributed by atoms with E-state index in [1.165, 1.54) is 48.7 Å². The van der Waals surface area contributed by atoms with E-state index in [1.807, 2.05) is 0 Å². The van der Waals surface area contributed by atoms with Crippen LogP contribution in [-0.4, -0.2) is 99.2 Å². The predicted molar refractivity (Wildman–Crippen MR) is 238 cm³/mol. The third kappa shape index (κ3) is 10.3. The molecule has 1 aliphatic carbocycles. The number of hydrogen-bond donors (Lipinski definition) is 9. The number of carbonyl (C=O) groups is 5. The first-order chi connectivity index (χ1) is 30.2. The molecule has 3 aromatic rings. The fourth-order valence-electron chi connectivity index (χ4n) is 6.98. The summed E-state index contributed by atoms with van der Waals surface area (Å²) in [5, 5.41) is 44.7. The molecular weight excluding hydrogens is 835 g/mol. The number of nitrogens with two attached hydrogens (primary N) is 1. The van der Waals surface area contributed by atoms with E-state index in [0.717, 1.165) is 0 Å². The highest BCUT2D eigenvalue weighted by molar-refractivity contribution is 7.80. The SMILES string of the molecule is NC1=NC2N=CC(CNc3ccc(C(=O)N[C@@H](CCC(=O)CCCNC(=S)Nc4ccc(-c5c6ccc(=O)cc-6oc6cc(O)ccc56)c(C(=O)O)c4)C(=O)O)cc3)=NC2C(=O)N1. The maximum absolute atomic E-state index is 12.9. The molecule has 3 aromatic carbocycles. The van der Waals surface area contributed by atoms with Gasteiger partial charge in [-0.25, -0.2) is 14.6 Å². The van der Waals surface area contributed by atoms with Crippen LogP contribution in [0, 0.1) is 0 Å². The summed E-state index contributed by atoms with van der Waals surface area (Å²) in [6, 6.07) is 17.5. The van der Waals surface area contributed by atoms with Crippen molar-refractivity contribution in [2.75, 3.05) is 23.7 Å². The molecule has 0 aromatic heterocycles. The number of thiocarbonyl (C=S) groups is 1. The average molecular weight is 874 g/mol. The van der Waals surface area contributed by atoms with Crippen LogP contribution in [0.15, 0.2) is 103 Å². The van der Waals surface area contributed by atoms with Gasteiger partial charge in [0.2, 0.25) is 0 Å². The Balaban J connectivity index is 0.865. The number of nitrogens with one attached hydrogen (secondary N) is 5. The fraction of sp³-hybridized carbons (Fsp3) is 0.209. The van der Waals surface area contributed by atoms with Crippen LogP contribution in [0.2, 0.25) is 0 Å². The Bertz CT molecular complexity index is 2790. The molecule has 7 rings (SSSR count). The average Bonchev–Trinajstić information content (AvgIpc) is 3.25. The molecule has 20 heteroatoms. The number of Topliss-reactive ketones (excluding diaryl/α,β-unsaturated/α-hetero) is 1. The van der Waals surface area contributed by atoms with E-state index in [4.69, 9.17) is 22.4 Å². The number of carbonyl (C=O) groups excluding carboxylic acids is 3. The summed E-state index contributed by atoms with van der Waals surface area (Å²) in [7, 11) is 0. The third-order valence-electron chi connectivity index (χ3n) is 10.1. The van der Waals surface area contributed by atoms with E-state index in [2.05, 4.69) is 41.6 Å². The van der Waals surface area contributed by atoms with Crippen LogP contribution in [0.25, 0.3) is 33.4 Å². The summed E-state index contributed by atoms with van der Waals surface area (Å²) in [5.74, 6) is -3.62. The van der Waals surface area contributed by atoms with Crippen LogP contribution >= 0.6 is 12.2 Å². The molecule has 3 heterocycles. The van der Waals surface area contributed by atoms with Gasteiger partial charge in [-0.1, -0.05) is 6.07 Å². The van der Waals surface area contributed by atoms with E-state index < -0.39 is 42.0 Å². The summed E-state index contributed by atoms with van der Waals surface area (Å²) >= 11 is 5.41. The number of aromatic carboxylic acids is 1. The normalized spacial score (nSPS) is 15.9. The molecular formula is C43H39N9O10S. The van der Waals surface area contributed by atoms with Crippen molar-refractivity contribution in [3.8, 4) is 28.2 Å². The Kier molecular flexibility index (Phi) is 12.8. The molecule has 3 aliphatic heterocycles. The number of carboxylic acids is 2. The molecule has 2 amide bonds. The Morgan fingerprint density at radius 1 is 0.905 bits per heavy atom. The van der Waals surface area contributed by atoms with Crippen molar-refractivity contribution in [3.05, 3.63) is 100 Å². The number of ketones is 1. The smallest absolute Gasteiger partial charge is 0.336 e. The first-order valence-corrected chi connectivity index (χ1v) is 19.9. The van der Waals surface area contributed by atoms with Gasteiger partial charge < -0.3 is 46.7 Å². The van der Waals surface area contributed by atoms with Gasteiger partial charge in [0.05, 0.1) is 17.8 Å². The monoisotopic (exact) mass is 873 g/mol. The number of aromatic hydroxyl groups is 1. The van der Waals surface area contributed by atoms with Crippen LogP contribution < -0.4 is 37.7 Å². The first-order valence-electron chi connectivity index (χ1n) is 19.5. The zero-order chi connectivity index (χ0) is 44.8. The second-order valence-electron chi connectivity index (χ2n) is 14.5. The Hall–Kier alpha value is -8.00. The number of benzene rings is 4. The summed E-state index contributed by atoms with van der Waals surface area (Å²) in [4.78, 5) is 87.1. The number of amides is 2. The van der Waals surface area contributed by atoms with Gasteiger partial charge in [-0.15, -0.1) is 0 Å². The predicted octanol–water partition coefficient (Wildman–Crippen LogP) is 3.34. The first kappa shape index (κ1) is 43.1. The van der Waals surface area contributed by atoms with Gasteiger partial charge in [-0.05, 0) is 91.3 Å². The van der Waals surface area contributed by atoms with Crippen molar-refractivity contribution in [3.63, 3.8) is 0 Å². The number of nitrogens with zero attached hydrogens (tertiary/aromatic N) is 3. The number of guanidine groups is 1. The lowest BCUT2D eigenvalue weighted by atomic mass is 9.90. The number of hydrogen-bond acceptors (Lipinski definition) is 14. The molecule has 3 atom stereocenters. The Labute approximate surface area is 362 Å². The summed E-state index contributed by atoms with van der Waals surface area (Å²) < 4.78 is 5.88. The molecule has 0 saturated heterocycles. The minimum Gasteiger partial charge on any atom is -0.508 e. The maximum Gasteiger partial charge on any atom is 0.336 e. The molecule has 0 saturated carbocycles. The number of rotatable bonds is 16. The van der Waals surface area contributed by atoms with Crippen LogP contribution in [0.4, 0.5) is 11.4 Å². The Morgan fingerprint density at radius 3 is 2.43 bits per heavy atom. The van der Waals surface area contributed by atoms with E-state index in [0.29, 0.717) is 45.6 Å². The largest absolute Gasteiger partial charge is 0.508 e. The van der Waals surface area contributed by atoms with Gasteiger partial charge in [-0.3, -0.25) is 34.5 Å². The molecule has 19 nitrogen and oxygen atoms in total. The number of phenols is 1. The van der Waals surface area contributed by atoms with Crippen LogP contribution in [0.1, 0.15) is 46.4 Å². The number of carboxylic acid groups (broad SMARTS) is 2. The maximum atomic E-state index is 12.9. The molecule has 63 heavy (non-hydrogen) atoms. The van der Waals surface area contributed by atoms with Crippen LogP contribution in [0.5, 0.6) is 5.75 Å². The molecule has 10 N–H and O–H groups in total. The molecule has 0 fully saturated rings. The van der Waals surface area contributed by atoms with Crippen molar-refractivity contribution >= 4 is 87.1 Å². The van der Waals surface area contributed by atoms with E-state index in [1.54, 1.807) is 36.4 Å². The van der Waals surface area contributed by atoms with Crippen molar-refractivity contribution in [1.29, 1.82) is 0 Å². The van der Waals surface area contributed by atoms with Gasteiger partial charge >= 0.3 is 11.9 Å². The number of fused-ring (bicyclic) bond motifs is 3. The van der Waals surface area contributed by atoms with Gasteiger partial charge in [-0.2, -0.15) is 0 Å². The minimum atomic E-state index is -1.31. The molecule has 0 radical (unpaired) electrons. The van der Waals surface area contributed by atoms with Crippen LogP contribution in [-0.2, 0) is 14.4 Å². The van der Waals surface area contributed by atoms with Crippen molar-refractivity contribution in [1.82, 2.24) is 16.0 Å². The topological polar surface area (TPSA) is 299 Å². The summed E-state index contributed by atoms with van der Waals surface area (Å²) in [5.41, 5.74) is 8.50. The highest BCUT2D eigenvalue weighted by Gasteiger charge is 2.34. The van der Waals surface area contributed by atoms with E-state index in [9.17, 15) is 44.1 Å². The Morgan fingerprint density at radius 2 is 1.67 bits per heavy atom. The van der Waals surface area contributed by atoms with Gasteiger partial charge in [0.25, 0.3) is 11.8 Å². The fourth-order valence-corrected chi connectivity index (χ4v) is 7.20.